The van der Waals surface area contributed by atoms with Crippen LogP contribution in [0.2, 0.25) is 0 Å². The van der Waals surface area contributed by atoms with Gasteiger partial charge in [0.15, 0.2) is 5.69 Å². The summed E-state index contributed by atoms with van der Waals surface area (Å²) >= 11 is 0. The van der Waals surface area contributed by atoms with Crippen molar-refractivity contribution in [1.29, 1.82) is 0 Å². The summed E-state index contributed by atoms with van der Waals surface area (Å²) in [6, 6.07) is 12.0. The van der Waals surface area contributed by atoms with Crippen LogP contribution in [0.5, 0.6) is 0 Å². The molecule has 0 spiro atoms. The smallest absolute Gasteiger partial charge is 0.272 e. The molecule has 2 atom stereocenters. The Morgan fingerprint density at radius 2 is 1.46 bits per heavy atom. The number of nitrogens with one attached hydrogen (secondary N) is 3. The molecule has 222 valence electrons. The number of rotatable bonds is 11. The number of ether oxygens (including phenoxy) is 1. The predicted octanol–water partition coefficient (Wildman–Crippen LogP) is 4.51. The molecule has 3 N–H and O–H groups in total. The molecule has 5 rings (SSSR count). The van der Waals surface area contributed by atoms with Gasteiger partial charge in [0, 0.05) is 30.6 Å². The Morgan fingerprint density at radius 3 is 2.22 bits per heavy atom. The number of benzene rings is 1. The van der Waals surface area contributed by atoms with E-state index in [4.69, 9.17) is 4.74 Å². The van der Waals surface area contributed by atoms with Gasteiger partial charge >= 0.3 is 0 Å². The Labute approximate surface area is 243 Å². The van der Waals surface area contributed by atoms with Crippen LogP contribution in [0.4, 0.5) is 0 Å². The number of hydrogen-bond acceptors (Lipinski definition) is 5. The first-order valence-corrected chi connectivity index (χ1v) is 15.7. The van der Waals surface area contributed by atoms with Crippen molar-refractivity contribution < 1.29 is 19.1 Å². The number of carbonyl (C=O) groups is 3. The molecule has 2 aromatic rings. The average Bonchev–Trinajstić information content (AvgIpc) is 3.66. The van der Waals surface area contributed by atoms with Crippen LogP contribution in [0.3, 0.4) is 0 Å². The largest absolute Gasteiger partial charge is 0.373 e. The van der Waals surface area contributed by atoms with Gasteiger partial charge in [0.1, 0.15) is 12.2 Å². The van der Waals surface area contributed by atoms with Crippen molar-refractivity contribution in [2.24, 2.45) is 5.92 Å². The summed E-state index contributed by atoms with van der Waals surface area (Å²) in [7, 11) is 0. The van der Waals surface area contributed by atoms with E-state index in [0.717, 1.165) is 82.6 Å². The second kappa shape index (κ2) is 14.6. The molecule has 0 aliphatic heterocycles. The number of nitrogens with zero attached hydrogens (tertiary/aromatic N) is 2. The summed E-state index contributed by atoms with van der Waals surface area (Å²) in [5, 5.41) is 13.7. The molecule has 1 aromatic heterocycles. The van der Waals surface area contributed by atoms with Gasteiger partial charge in [-0.2, -0.15) is 5.10 Å². The van der Waals surface area contributed by atoms with Crippen LogP contribution in [0.15, 0.2) is 36.4 Å². The molecule has 3 aliphatic rings. The number of amides is 3. The maximum absolute atomic E-state index is 13.5. The van der Waals surface area contributed by atoms with Crippen LogP contribution in [-0.4, -0.2) is 52.2 Å². The standard InChI is InChI=1S/C32H45N5O4/c38-30(34-25-14-5-2-6-15-25)21-37-28(19-27(36-37)31(39)35-26-16-8-9-17-26)32(40)33-20-24-13-7-10-18-29(24)41-22-23-11-3-1-4-12-23/h1,3-4,11-12,19,24-26,29H,2,5-10,13-18,20-22H2,(H,33,40)(H,34,38)(H,35,39)/t24-,29+/m1/s1. The molecule has 1 aromatic carbocycles. The van der Waals surface area contributed by atoms with Crippen molar-refractivity contribution >= 4 is 17.7 Å². The van der Waals surface area contributed by atoms with Gasteiger partial charge in [-0.1, -0.05) is 75.3 Å². The Balaban J connectivity index is 1.23. The van der Waals surface area contributed by atoms with E-state index >= 15 is 0 Å². The summed E-state index contributed by atoms with van der Waals surface area (Å²) in [6.45, 7) is 0.932. The lowest BCUT2D eigenvalue weighted by molar-refractivity contribution is -0.122. The molecule has 41 heavy (non-hydrogen) atoms. The molecular formula is C32H45N5O4. The summed E-state index contributed by atoms with van der Waals surface area (Å²) in [6.07, 6.45) is 13.8. The number of carbonyl (C=O) groups excluding carboxylic acids is 3. The maximum Gasteiger partial charge on any atom is 0.272 e. The number of aromatic nitrogens is 2. The lowest BCUT2D eigenvalue weighted by atomic mass is 9.86. The van der Waals surface area contributed by atoms with Crippen molar-refractivity contribution in [3.8, 4) is 0 Å². The van der Waals surface area contributed by atoms with Crippen LogP contribution >= 0.6 is 0 Å². The van der Waals surface area contributed by atoms with E-state index in [0.29, 0.717) is 13.2 Å². The second-order valence-electron chi connectivity index (χ2n) is 12.0. The van der Waals surface area contributed by atoms with Crippen LogP contribution in [0, 0.1) is 5.92 Å². The molecule has 1 heterocycles. The lowest BCUT2D eigenvalue weighted by Crippen LogP contribution is -2.40. The topological polar surface area (TPSA) is 114 Å². The van der Waals surface area contributed by atoms with Crippen LogP contribution in [-0.2, 0) is 22.7 Å². The summed E-state index contributed by atoms with van der Waals surface area (Å²) < 4.78 is 7.68. The normalized spacial score (nSPS) is 21.9. The highest BCUT2D eigenvalue weighted by Gasteiger charge is 2.28. The van der Waals surface area contributed by atoms with Crippen molar-refractivity contribution in [2.75, 3.05) is 6.54 Å². The van der Waals surface area contributed by atoms with Gasteiger partial charge in [0.2, 0.25) is 5.91 Å². The molecule has 0 unspecified atom stereocenters. The highest BCUT2D eigenvalue weighted by Crippen LogP contribution is 2.27. The lowest BCUT2D eigenvalue weighted by Gasteiger charge is -2.31. The minimum Gasteiger partial charge on any atom is -0.373 e. The van der Waals surface area contributed by atoms with Gasteiger partial charge in [-0.3, -0.25) is 14.4 Å². The molecule has 0 saturated heterocycles. The van der Waals surface area contributed by atoms with Crippen molar-refractivity contribution in [2.45, 2.75) is 115 Å². The van der Waals surface area contributed by atoms with Gasteiger partial charge in [0.25, 0.3) is 11.8 Å². The summed E-state index contributed by atoms with van der Waals surface area (Å²) in [4.78, 5) is 39.4. The SMILES string of the molecule is O=C(Cn1nc(C(=O)NC2CCCC2)cc1C(=O)NC[C@H]1CCCC[C@@H]1OCc1ccccc1)NC1CCCCC1. The average molecular weight is 564 g/mol. The zero-order chi connectivity index (χ0) is 28.4. The van der Waals surface area contributed by atoms with Crippen molar-refractivity contribution in [3.05, 3.63) is 53.3 Å². The molecule has 0 bridgehead atoms. The van der Waals surface area contributed by atoms with Gasteiger partial charge < -0.3 is 20.7 Å². The molecule has 0 radical (unpaired) electrons. The van der Waals surface area contributed by atoms with E-state index in [1.165, 1.54) is 17.2 Å². The maximum atomic E-state index is 13.5. The minimum absolute atomic E-state index is 0.0724. The Bertz CT molecular complexity index is 1150. The summed E-state index contributed by atoms with van der Waals surface area (Å²) in [5.74, 6) is -0.597. The number of hydrogen-bond donors (Lipinski definition) is 3. The molecule has 9 nitrogen and oxygen atoms in total. The van der Waals surface area contributed by atoms with E-state index in [-0.39, 0.29) is 59.8 Å². The monoisotopic (exact) mass is 563 g/mol. The van der Waals surface area contributed by atoms with Gasteiger partial charge in [-0.15, -0.1) is 0 Å². The van der Waals surface area contributed by atoms with E-state index in [1.807, 2.05) is 18.2 Å². The zero-order valence-electron chi connectivity index (χ0n) is 24.1. The molecule has 3 amide bonds. The molecular weight excluding hydrogens is 518 g/mol. The first kappa shape index (κ1) is 29.3. The minimum atomic E-state index is -0.324. The van der Waals surface area contributed by atoms with Crippen LogP contribution in [0.1, 0.15) is 110 Å². The highest BCUT2D eigenvalue weighted by molar-refractivity contribution is 5.98. The Morgan fingerprint density at radius 1 is 0.805 bits per heavy atom. The molecule has 3 aliphatic carbocycles. The zero-order valence-corrected chi connectivity index (χ0v) is 24.1. The first-order valence-electron chi connectivity index (χ1n) is 15.7. The Hall–Kier alpha value is -3.20. The van der Waals surface area contributed by atoms with E-state index < -0.39 is 0 Å². The van der Waals surface area contributed by atoms with E-state index in [2.05, 4.69) is 33.2 Å². The highest BCUT2D eigenvalue weighted by atomic mass is 16.5. The van der Waals surface area contributed by atoms with Crippen molar-refractivity contribution in [1.82, 2.24) is 25.7 Å². The molecule has 9 heteroatoms. The fourth-order valence-corrected chi connectivity index (χ4v) is 6.54. The van der Waals surface area contributed by atoms with E-state index in [1.54, 1.807) is 0 Å². The summed E-state index contributed by atoms with van der Waals surface area (Å²) in [5.41, 5.74) is 1.55. The first-order chi connectivity index (χ1) is 20.0. The van der Waals surface area contributed by atoms with Crippen molar-refractivity contribution in [3.63, 3.8) is 0 Å². The van der Waals surface area contributed by atoms with Gasteiger partial charge in [0.05, 0.1) is 12.7 Å². The fraction of sp³-hybridized carbons (Fsp3) is 0.625. The van der Waals surface area contributed by atoms with E-state index in [9.17, 15) is 14.4 Å². The third-order valence-corrected chi connectivity index (χ3v) is 8.87. The third-order valence-electron chi connectivity index (χ3n) is 8.87. The molecule has 3 saturated carbocycles. The van der Waals surface area contributed by atoms with Crippen LogP contribution in [0.25, 0.3) is 0 Å². The van der Waals surface area contributed by atoms with Crippen LogP contribution < -0.4 is 16.0 Å². The predicted molar refractivity (Wildman–Crippen MR) is 156 cm³/mol. The third kappa shape index (κ3) is 8.41. The second-order valence-corrected chi connectivity index (χ2v) is 12.0. The Kier molecular flexibility index (Phi) is 10.4. The fourth-order valence-electron chi connectivity index (χ4n) is 6.54. The van der Waals surface area contributed by atoms with Gasteiger partial charge in [-0.25, -0.2) is 4.68 Å². The quantitative estimate of drug-likeness (QED) is 0.372. The van der Waals surface area contributed by atoms with Gasteiger partial charge in [-0.05, 0) is 44.1 Å². The molecule has 3 fully saturated rings.